The van der Waals surface area contributed by atoms with Crippen LogP contribution in [0.4, 0.5) is 5.95 Å². The average Bonchev–Trinajstić information content (AvgIpc) is 2.87. The molecule has 3 aromatic rings. The minimum Gasteiger partial charge on any atom is -0.456 e. The van der Waals surface area contributed by atoms with Crippen LogP contribution in [0.3, 0.4) is 0 Å². The van der Waals surface area contributed by atoms with Crippen molar-refractivity contribution in [3.05, 3.63) is 36.0 Å². The van der Waals surface area contributed by atoms with E-state index in [2.05, 4.69) is 15.0 Å². The van der Waals surface area contributed by atoms with Crippen molar-refractivity contribution in [3.63, 3.8) is 0 Å². The summed E-state index contributed by atoms with van der Waals surface area (Å²) >= 11 is 0. The lowest BCUT2D eigenvalue weighted by molar-refractivity contribution is -0.0835. The molecule has 2 aromatic heterocycles. The first kappa shape index (κ1) is 15.8. The maximum absolute atomic E-state index is 10.3. The summed E-state index contributed by atoms with van der Waals surface area (Å²) in [5.74, 6) is 0.717. The molecule has 0 atom stereocenters. The second-order valence-corrected chi connectivity index (χ2v) is 6.54. The number of ether oxygens (including phenoxy) is 2. The lowest BCUT2D eigenvalue weighted by Crippen LogP contribution is -2.39. The number of aliphatic hydroxyl groups is 1. The summed E-state index contributed by atoms with van der Waals surface area (Å²) in [5, 5.41) is 10.3. The van der Waals surface area contributed by atoms with E-state index in [0.717, 1.165) is 16.6 Å². The molecule has 130 valence electrons. The van der Waals surface area contributed by atoms with Gasteiger partial charge in [-0.25, -0.2) is 9.55 Å². The number of fused-ring (bicyclic) bond motifs is 1. The molecule has 1 saturated heterocycles. The van der Waals surface area contributed by atoms with Crippen molar-refractivity contribution in [2.24, 2.45) is 0 Å². The van der Waals surface area contributed by atoms with Gasteiger partial charge in [0.15, 0.2) is 0 Å². The molecule has 25 heavy (non-hydrogen) atoms. The van der Waals surface area contributed by atoms with Crippen molar-refractivity contribution >= 4 is 17.0 Å². The van der Waals surface area contributed by atoms with Crippen molar-refractivity contribution in [2.75, 3.05) is 18.9 Å². The number of hydrogen-bond acceptors (Lipinski definition) is 7. The quantitative estimate of drug-likeness (QED) is 0.738. The van der Waals surface area contributed by atoms with E-state index >= 15 is 0 Å². The van der Waals surface area contributed by atoms with Gasteiger partial charge in [0, 0.05) is 12.3 Å². The van der Waals surface area contributed by atoms with Gasteiger partial charge in [0.05, 0.1) is 29.8 Å². The molecule has 1 aromatic carbocycles. The summed E-state index contributed by atoms with van der Waals surface area (Å²) in [6.07, 6.45) is 1.54. The predicted molar refractivity (Wildman–Crippen MR) is 91.6 cm³/mol. The number of nitrogen functional groups attached to an aromatic ring is 1. The summed E-state index contributed by atoms with van der Waals surface area (Å²) in [7, 11) is 0. The predicted octanol–water partition coefficient (Wildman–Crippen LogP) is 1.40. The van der Waals surface area contributed by atoms with Crippen LogP contribution in [0.5, 0.6) is 6.01 Å². The minimum absolute atomic E-state index is 0.0384. The fourth-order valence-electron chi connectivity index (χ4n) is 2.65. The zero-order chi connectivity index (χ0) is 17.6. The Labute approximate surface area is 144 Å². The van der Waals surface area contributed by atoms with Crippen molar-refractivity contribution in [1.82, 2.24) is 19.5 Å². The molecule has 1 aliphatic heterocycles. The fraction of sp³-hybridized carbons (Fsp3) is 0.353. The summed E-state index contributed by atoms with van der Waals surface area (Å²) in [6, 6.07) is 7.73. The molecule has 4 rings (SSSR count). The molecule has 3 heterocycles. The van der Waals surface area contributed by atoms with E-state index in [1.807, 2.05) is 18.2 Å². The Morgan fingerprint density at radius 3 is 2.72 bits per heavy atom. The van der Waals surface area contributed by atoms with Crippen LogP contribution in [0.1, 0.15) is 19.4 Å². The lowest BCUT2D eigenvalue weighted by Gasteiger charge is -2.26. The van der Waals surface area contributed by atoms with Gasteiger partial charge >= 0.3 is 6.01 Å². The third-order valence-electron chi connectivity index (χ3n) is 4.10. The highest BCUT2D eigenvalue weighted by Crippen LogP contribution is 2.30. The number of anilines is 1. The summed E-state index contributed by atoms with van der Waals surface area (Å²) in [4.78, 5) is 12.8. The second-order valence-electron chi connectivity index (χ2n) is 6.54. The SMILES string of the molecule is CC(C)(O)c1ccc2nc(OC3COC3)n(-c3ccnc(N)n3)c2c1. The molecule has 0 radical (unpaired) electrons. The Balaban J connectivity index is 1.91. The normalized spacial score (nSPS) is 15.3. The summed E-state index contributed by atoms with van der Waals surface area (Å²) in [5.41, 5.74) is 7.04. The second kappa shape index (κ2) is 5.68. The molecule has 0 unspecified atom stereocenters. The standard InChI is InChI=1S/C17H19N5O3/c1-17(2,23)10-3-4-12-13(7-10)22(14-5-6-19-15(18)21-14)16(20-12)25-11-8-24-9-11/h3-7,11,23H,8-9H2,1-2H3,(H2,18,19,21). The highest BCUT2D eigenvalue weighted by atomic mass is 16.6. The summed E-state index contributed by atoms with van der Waals surface area (Å²) < 4.78 is 12.9. The van der Waals surface area contributed by atoms with Crippen LogP contribution >= 0.6 is 0 Å². The molecule has 0 spiro atoms. The van der Waals surface area contributed by atoms with E-state index < -0.39 is 5.60 Å². The molecule has 8 nitrogen and oxygen atoms in total. The van der Waals surface area contributed by atoms with Crippen molar-refractivity contribution in [1.29, 1.82) is 0 Å². The largest absolute Gasteiger partial charge is 0.456 e. The zero-order valence-electron chi connectivity index (χ0n) is 14.0. The monoisotopic (exact) mass is 341 g/mol. The van der Waals surface area contributed by atoms with Gasteiger partial charge in [-0.3, -0.25) is 0 Å². The van der Waals surface area contributed by atoms with Crippen LogP contribution in [0, 0.1) is 0 Å². The first-order valence-corrected chi connectivity index (χ1v) is 8.00. The van der Waals surface area contributed by atoms with Crippen LogP contribution in [0.15, 0.2) is 30.5 Å². The maximum atomic E-state index is 10.3. The van der Waals surface area contributed by atoms with Gasteiger partial charge in [-0.1, -0.05) is 6.07 Å². The third kappa shape index (κ3) is 2.90. The van der Waals surface area contributed by atoms with Crippen molar-refractivity contribution in [2.45, 2.75) is 25.6 Å². The Morgan fingerprint density at radius 1 is 1.28 bits per heavy atom. The topological polar surface area (TPSA) is 108 Å². The number of nitrogens with two attached hydrogens (primary N) is 1. The third-order valence-corrected chi connectivity index (χ3v) is 4.10. The Kier molecular flexibility index (Phi) is 3.59. The van der Waals surface area contributed by atoms with Crippen LogP contribution in [0.2, 0.25) is 0 Å². The molecule has 0 saturated carbocycles. The molecule has 8 heteroatoms. The molecular weight excluding hydrogens is 322 g/mol. The maximum Gasteiger partial charge on any atom is 0.303 e. The Hall–Kier alpha value is -2.71. The number of hydrogen-bond donors (Lipinski definition) is 2. The van der Waals surface area contributed by atoms with Crippen molar-refractivity contribution in [3.8, 4) is 11.8 Å². The van der Waals surface area contributed by atoms with E-state index in [-0.39, 0.29) is 12.1 Å². The number of rotatable bonds is 4. The smallest absolute Gasteiger partial charge is 0.303 e. The van der Waals surface area contributed by atoms with E-state index in [1.54, 1.807) is 30.7 Å². The first-order valence-electron chi connectivity index (χ1n) is 8.00. The highest BCUT2D eigenvalue weighted by molar-refractivity contribution is 5.80. The van der Waals surface area contributed by atoms with Crippen LogP contribution < -0.4 is 10.5 Å². The molecule has 1 aliphatic rings. The minimum atomic E-state index is -0.975. The number of aromatic nitrogens is 4. The van der Waals surface area contributed by atoms with Crippen LogP contribution in [0.25, 0.3) is 16.9 Å². The number of benzene rings is 1. The number of nitrogens with zero attached hydrogens (tertiary/aromatic N) is 4. The van der Waals surface area contributed by atoms with E-state index in [9.17, 15) is 5.11 Å². The fourth-order valence-corrected chi connectivity index (χ4v) is 2.65. The molecule has 3 N–H and O–H groups in total. The van der Waals surface area contributed by atoms with Gasteiger partial charge in [0.1, 0.15) is 11.9 Å². The van der Waals surface area contributed by atoms with E-state index in [0.29, 0.717) is 25.0 Å². The Morgan fingerprint density at radius 2 is 2.08 bits per heavy atom. The number of imidazole rings is 1. The Bertz CT molecular complexity index is 928. The van der Waals surface area contributed by atoms with Crippen molar-refractivity contribution < 1.29 is 14.6 Å². The lowest BCUT2D eigenvalue weighted by atomic mass is 9.98. The van der Waals surface area contributed by atoms with Gasteiger partial charge < -0.3 is 20.3 Å². The van der Waals surface area contributed by atoms with Gasteiger partial charge in [0.2, 0.25) is 5.95 Å². The molecular formula is C17H19N5O3. The average molecular weight is 341 g/mol. The van der Waals surface area contributed by atoms with Gasteiger partial charge in [0.25, 0.3) is 0 Å². The van der Waals surface area contributed by atoms with Crippen LogP contribution in [-0.4, -0.2) is 43.9 Å². The van der Waals surface area contributed by atoms with Gasteiger partial charge in [-0.05, 0) is 31.5 Å². The zero-order valence-corrected chi connectivity index (χ0v) is 14.0. The molecule has 0 amide bonds. The molecule has 0 aliphatic carbocycles. The van der Waals surface area contributed by atoms with E-state index in [4.69, 9.17) is 15.2 Å². The molecule has 1 fully saturated rings. The highest BCUT2D eigenvalue weighted by Gasteiger charge is 2.25. The van der Waals surface area contributed by atoms with Crippen LogP contribution in [-0.2, 0) is 10.3 Å². The summed E-state index contributed by atoms with van der Waals surface area (Å²) in [6.45, 7) is 4.54. The molecule has 0 bridgehead atoms. The van der Waals surface area contributed by atoms with Gasteiger partial charge in [-0.15, -0.1) is 0 Å². The van der Waals surface area contributed by atoms with Gasteiger partial charge in [-0.2, -0.15) is 9.97 Å². The first-order chi connectivity index (χ1) is 11.9. The van der Waals surface area contributed by atoms with E-state index in [1.165, 1.54) is 0 Å².